The van der Waals surface area contributed by atoms with E-state index in [9.17, 15) is 0 Å². The lowest BCUT2D eigenvalue weighted by molar-refractivity contribution is 0.325. The highest BCUT2D eigenvalue weighted by atomic mass is 35.5. The van der Waals surface area contributed by atoms with E-state index in [2.05, 4.69) is 10.3 Å². The summed E-state index contributed by atoms with van der Waals surface area (Å²) in [6.07, 6.45) is 4.45. The van der Waals surface area contributed by atoms with Crippen LogP contribution in [0.25, 0.3) is 0 Å². The van der Waals surface area contributed by atoms with Gasteiger partial charge in [-0.25, -0.2) is 0 Å². The molecule has 1 saturated heterocycles. The van der Waals surface area contributed by atoms with Crippen molar-refractivity contribution >= 4 is 17.3 Å². The molecule has 0 aliphatic carbocycles. The predicted octanol–water partition coefficient (Wildman–Crippen LogP) is 2.89. The summed E-state index contributed by atoms with van der Waals surface area (Å²) in [4.78, 5) is 4.51. The number of hydrogen-bond acceptors (Lipinski definition) is 4. The number of aliphatic imine (C=N–C) groups is 1. The Morgan fingerprint density at radius 3 is 2.91 bits per heavy atom. The fourth-order valence-corrected chi connectivity index (χ4v) is 3.71. The minimum Gasteiger partial charge on any atom is -0.497 e. The van der Waals surface area contributed by atoms with Crippen LogP contribution in [0, 0.1) is 0 Å². The molecule has 2 aliphatic heterocycles. The summed E-state index contributed by atoms with van der Waals surface area (Å²) in [5.74, 6) is 0.733. The van der Waals surface area contributed by atoms with Crippen LogP contribution in [0.1, 0.15) is 31.2 Å². The zero-order chi connectivity index (χ0) is 15.7. The van der Waals surface area contributed by atoms with Gasteiger partial charge in [0.2, 0.25) is 0 Å². The largest absolute Gasteiger partial charge is 0.497 e. The van der Waals surface area contributed by atoms with Crippen LogP contribution < -0.4 is 15.8 Å². The Morgan fingerprint density at radius 1 is 1.36 bits per heavy atom. The first kappa shape index (κ1) is 15.4. The Labute approximate surface area is 136 Å². The fraction of sp³-hybridized carbons (Fsp3) is 0.471. The van der Waals surface area contributed by atoms with Gasteiger partial charge < -0.3 is 15.8 Å². The number of hydrogen-bond donors (Lipinski definition) is 2. The van der Waals surface area contributed by atoms with Gasteiger partial charge in [0, 0.05) is 35.4 Å². The van der Waals surface area contributed by atoms with Gasteiger partial charge in [-0.3, -0.25) is 4.99 Å². The Bertz CT molecular complexity index is 639. The summed E-state index contributed by atoms with van der Waals surface area (Å²) in [5.41, 5.74) is 10.4. The second-order valence-corrected chi connectivity index (χ2v) is 6.37. The van der Waals surface area contributed by atoms with E-state index in [0.717, 1.165) is 41.1 Å². The summed E-state index contributed by atoms with van der Waals surface area (Å²) < 4.78 is 5.32. The molecule has 0 radical (unpaired) electrons. The lowest BCUT2D eigenvalue weighted by Crippen LogP contribution is -2.50. The number of nitrogens with one attached hydrogen (secondary N) is 1. The Balaban J connectivity index is 2.03. The van der Waals surface area contributed by atoms with Crippen LogP contribution in [0.15, 0.2) is 34.5 Å². The molecule has 1 aromatic rings. The van der Waals surface area contributed by atoms with Gasteiger partial charge in [0.25, 0.3) is 0 Å². The normalized spacial score (nSPS) is 25.3. The maximum absolute atomic E-state index is 6.42. The second kappa shape index (κ2) is 6.31. The smallest absolute Gasteiger partial charge is 0.121 e. The van der Waals surface area contributed by atoms with Crippen molar-refractivity contribution in [2.45, 2.75) is 37.8 Å². The molecule has 5 heteroatoms. The molecule has 2 aliphatic rings. The van der Waals surface area contributed by atoms with Crippen molar-refractivity contribution in [3.63, 3.8) is 0 Å². The van der Waals surface area contributed by atoms with Gasteiger partial charge in [-0.1, -0.05) is 11.6 Å². The highest BCUT2D eigenvalue weighted by Crippen LogP contribution is 2.31. The summed E-state index contributed by atoms with van der Waals surface area (Å²) in [7, 11) is 3.45. The molecule has 0 aromatic heterocycles. The standard InChI is InChI=1S/C17H22ClN3O/c1-20-17(10-6-11(18)8-13(7-10)22-2)14-9-12-4-3-5-15(21-12)16(14)19/h6-8,12,15,21H,3-5,9,19H2,1-2H3/t12-,15+/m0/s1. The minimum absolute atomic E-state index is 0.278. The average Bonchev–Trinajstić information content (AvgIpc) is 2.52. The number of piperidine rings is 1. The number of nitrogens with zero attached hydrogens (tertiary/aromatic N) is 1. The van der Waals surface area contributed by atoms with E-state index in [1.54, 1.807) is 20.2 Å². The molecule has 1 aromatic carbocycles. The molecule has 1 fully saturated rings. The number of halogens is 1. The molecule has 22 heavy (non-hydrogen) atoms. The SMILES string of the molecule is CN=C(C1=C(N)[C@H]2CCC[C@@H](C1)N2)c1cc(Cl)cc(OC)c1. The van der Waals surface area contributed by atoms with Gasteiger partial charge in [0.15, 0.2) is 0 Å². The van der Waals surface area contributed by atoms with E-state index in [-0.39, 0.29) is 6.04 Å². The molecule has 2 heterocycles. The minimum atomic E-state index is 0.278. The fourth-order valence-electron chi connectivity index (χ4n) is 3.49. The van der Waals surface area contributed by atoms with Crippen LogP contribution in [-0.2, 0) is 0 Å². The van der Waals surface area contributed by atoms with Crippen LogP contribution in [0.4, 0.5) is 0 Å². The molecule has 0 spiro atoms. The second-order valence-electron chi connectivity index (χ2n) is 5.94. The number of rotatable bonds is 3. The summed E-state index contributed by atoms with van der Waals surface area (Å²) in [5, 5.41) is 4.25. The van der Waals surface area contributed by atoms with E-state index in [1.165, 1.54) is 12.8 Å². The number of fused-ring (bicyclic) bond motifs is 2. The summed E-state index contributed by atoms with van der Waals surface area (Å²) in [6.45, 7) is 0. The van der Waals surface area contributed by atoms with Gasteiger partial charge in [0.1, 0.15) is 5.75 Å². The van der Waals surface area contributed by atoms with E-state index in [0.29, 0.717) is 11.1 Å². The monoisotopic (exact) mass is 319 g/mol. The van der Waals surface area contributed by atoms with Crippen molar-refractivity contribution in [3.8, 4) is 5.75 Å². The third-order valence-electron chi connectivity index (χ3n) is 4.55. The Hall–Kier alpha value is -1.52. The maximum atomic E-state index is 6.42. The number of benzene rings is 1. The molecular weight excluding hydrogens is 298 g/mol. The highest BCUT2D eigenvalue weighted by molar-refractivity contribution is 6.31. The number of nitrogens with two attached hydrogens (primary N) is 1. The van der Waals surface area contributed by atoms with Crippen LogP contribution in [0.5, 0.6) is 5.75 Å². The van der Waals surface area contributed by atoms with Crippen LogP contribution in [-0.4, -0.2) is 32.0 Å². The van der Waals surface area contributed by atoms with Crippen molar-refractivity contribution in [3.05, 3.63) is 40.1 Å². The lowest BCUT2D eigenvalue weighted by Gasteiger charge is -2.38. The lowest BCUT2D eigenvalue weighted by atomic mass is 9.82. The van der Waals surface area contributed by atoms with E-state index >= 15 is 0 Å². The molecular formula is C17H22ClN3O. The number of methoxy groups -OCH3 is 1. The molecule has 0 saturated carbocycles. The summed E-state index contributed by atoms with van der Waals surface area (Å²) >= 11 is 6.21. The van der Waals surface area contributed by atoms with Gasteiger partial charge in [-0.15, -0.1) is 0 Å². The van der Waals surface area contributed by atoms with Crippen molar-refractivity contribution in [1.29, 1.82) is 0 Å². The highest BCUT2D eigenvalue weighted by Gasteiger charge is 2.32. The molecule has 2 atom stereocenters. The molecule has 118 valence electrons. The quantitative estimate of drug-likeness (QED) is 0.842. The van der Waals surface area contributed by atoms with Crippen LogP contribution in [0.2, 0.25) is 5.02 Å². The van der Waals surface area contributed by atoms with E-state index in [4.69, 9.17) is 22.1 Å². The van der Waals surface area contributed by atoms with Crippen molar-refractivity contribution < 1.29 is 4.74 Å². The Morgan fingerprint density at radius 2 is 2.18 bits per heavy atom. The third kappa shape index (κ3) is 2.85. The Kier molecular flexibility index (Phi) is 4.41. The summed E-state index contributed by atoms with van der Waals surface area (Å²) in [6, 6.07) is 6.46. The molecule has 0 unspecified atom stereocenters. The maximum Gasteiger partial charge on any atom is 0.121 e. The van der Waals surface area contributed by atoms with Gasteiger partial charge in [-0.05, 0) is 49.5 Å². The molecule has 3 N–H and O–H groups in total. The van der Waals surface area contributed by atoms with Crippen molar-refractivity contribution in [2.24, 2.45) is 10.7 Å². The van der Waals surface area contributed by atoms with Crippen LogP contribution in [0.3, 0.4) is 0 Å². The zero-order valence-electron chi connectivity index (χ0n) is 13.0. The molecule has 0 amide bonds. The van der Waals surface area contributed by atoms with E-state index in [1.807, 2.05) is 12.1 Å². The topological polar surface area (TPSA) is 59.6 Å². The predicted molar refractivity (Wildman–Crippen MR) is 90.9 cm³/mol. The van der Waals surface area contributed by atoms with Gasteiger partial charge in [0.05, 0.1) is 12.8 Å². The molecule has 4 nitrogen and oxygen atoms in total. The van der Waals surface area contributed by atoms with Crippen LogP contribution >= 0.6 is 11.6 Å². The number of ether oxygens (including phenoxy) is 1. The third-order valence-corrected chi connectivity index (χ3v) is 4.76. The molecule has 2 bridgehead atoms. The zero-order valence-corrected chi connectivity index (χ0v) is 13.8. The first-order valence-electron chi connectivity index (χ1n) is 7.69. The van der Waals surface area contributed by atoms with Crippen molar-refractivity contribution in [1.82, 2.24) is 5.32 Å². The van der Waals surface area contributed by atoms with E-state index < -0.39 is 0 Å². The molecule has 3 rings (SSSR count). The first-order chi connectivity index (χ1) is 10.6. The van der Waals surface area contributed by atoms with Gasteiger partial charge in [-0.2, -0.15) is 0 Å². The van der Waals surface area contributed by atoms with Crippen molar-refractivity contribution in [2.75, 3.05) is 14.2 Å². The van der Waals surface area contributed by atoms with Gasteiger partial charge >= 0.3 is 0 Å². The first-order valence-corrected chi connectivity index (χ1v) is 8.07. The average molecular weight is 320 g/mol.